The van der Waals surface area contributed by atoms with Crippen molar-refractivity contribution in [3.8, 4) is 51.7 Å². The van der Waals surface area contributed by atoms with Crippen LogP contribution >= 0.6 is 11.6 Å². The summed E-state index contributed by atoms with van der Waals surface area (Å²) < 4.78 is 43.6. The number of rotatable bonds is 12. The molecule has 6 bridgehead atoms. The van der Waals surface area contributed by atoms with Crippen LogP contribution in [0.1, 0.15) is 62.2 Å². The van der Waals surface area contributed by atoms with E-state index in [9.17, 15) is 4.79 Å². The van der Waals surface area contributed by atoms with Crippen molar-refractivity contribution in [3.63, 3.8) is 0 Å². The molecule has 0 saturated carbocycles. The van der Waals surface area contributed by atoms with Crippen molar-refractivity contribution in [2.75, 3.05) is 79.4 Å². The smallest absolute Gasteiger partial charge is 0.257 e. The number of fused-ring (bicyclic) bond motifs is 2. The molecule has 15 heteroatoms. The lowest BCUT2D eigenvalue weighted by atomic mass is 9.87. The molecule has 0 spiro atoms. The highest BCUT2D eigenvalue weighted by atomic mass is 35.5. The fraction of sp³-hybridized carbons (Fsp3) is 0.327. The van der Waals surface area contributed by atoms with Gasteiger partial charge in [0.1, 0.15) is 11.5 Å². The number of benzene rings is 5. The lowest BCUT2D eigenvalue weighted by Gasteiger charge is -2.37. The number of nitrogens with zero attached hydrogens (tertiary/aromatic N) is 4. The second-order valence-corrected chi connectivity index (χ2v) is 17.4. The van der Waals surface area contributed by atoms with E-state index in [2.05, 4.69) is 87.0 Å². The molecule has 2 atom stereocenters. The molecule has 0 saturated heterocycles. The van der Waals surface area contributed by atoms with E-state index in [0.717, 1.165) is 49.0 Å². The van der Waals surface area contributed by atoms with Crippen molar-refractivity contribution < 1.29 is 38.0 Å². The maximum Gasteiger partial charge on any atom is 0.257 e. The van der Waals surface area contributed by atoms with Crippen LogP contribution in [0.4, 0.5) is 11.6 Å². The van der Waals surface area contributed by atoms with Gasteiger partial charge in [-0.3, -0.25) is 14.6 Å². The molecule has 2 unspecified atom stereocenters. The van der Waals surface area contributed by atoms with Crippen molar-refractivity contribution >= 4 is 29.1 Å². The lowest BCUT2D eigenvalue weighted by Crippen LogP contribution is -2.34. The first-order valence-electron chi connectivity index (χ1n) is 22.4. The van der Waals surface area contributed by atoms with Gasteiger partial charge in [0.2, 0.25) is 11.7 Å². The summed E-state index contributed by atoms with van der Waals surface area (Å²) in [5.74, 6) is 5.60. The number of anilines is 2. The Morgan fingerprint density at radius 2 is 1.45 bits per heavy atom. The predicted octanol–water partition coefficient (Wildman–Crippen LogP) is 9.74. The largest absolute Gasteiger partial charge is 0.497 e. The van der Waals surface area contributed by atoms with Crippen molar-refractivity contribution in [3.05, 3.63) is 135 Å². The average Bonchev–Trinajstić information content (AvgIpc) is 3.34. The van der Waals surface area contributed by atoms with Gasteiger partial charge in [0, 0.05) is 37.3 Å². The maximum absolute atomic E-state index is 12.9. The Hall–Kier alpha value is -6.74. The van der Waals surface area contributed by atoms with Gasteiger partial charge in [0.25, 0.3) is 5.91 Å². The molecule has 14 nitrogen and oxygen atoms in total. The van der Waals surface area contributed by atoms with Crippen LogP contribution in [0.15, 0.2) is 91.3 Å². The Balaban J connectivity index is 0.971. The van der Waals surface area contributed by atoms with Crippen LogP contribution in [0.3, 0.4) is 0 Å². The minimum absolute atomic E-state index is 0.0797. The molecular weight excluding hydrogens is 872 g/mol. The Morgan fingerprint density at radius 1 is 0.746 bits per heavy atom. The Labute approximate surface area is 396 Å². The highest BCUT2D eigenvalue weighted by Gasteiger charge is 2.35. The second-order valence-electron chi connectivity index (χ2n) is 17.0. The van der Waals surface area contributed by atoms with E-state index >= 15 is 0 Å². The lowest BCUT2D eigenvalue weighted by molar-refractivity contribution is 0.102. The number of nitrogens with one attached hydrogen (secondary N) is 2. The monoisotopic (exact) mass is 926 g/mol. The van der Waals surface area contributed by atoms with E-state index in [1.165, 1.54) is 36.2 Å². The fourth-order valence-electron chi connectivity index (χ4n) is 9.17. The average molecular weight is 927 g/mol. The highest BCUT2D eigenvalue weighted by molar-refractivity contribution is 6.34. The van der Waals surface area contributed by atoms with E-state index in [-0.39, 0.29) is 17.6 Å². The van der Waals surface area contributed by atoms with Crippen molar-refractivity contribution in [1.82, 2.24) is 19.8 Å². The highest BCUT2D eigenvalue weighted by Crippen LogP contribution is 2.52. The summed E-state index contributed by atoms with van der Waals surface area (Å²) in [6.45, 7) is 2.71. The molecule has 348 valence electrons. The Morgan fingerprint density at radius 3 is 2.19 bits per heavy atom. The molecular formula is C52H55ClN6O8. The van der Waals surface area contributed by atoms with Crippen molar-refractivity contribution in [2.24, 2.45) is 0 Å². The van der Waals surface area contributed by atoms with Crippen LogP contribution in [0.2, 0.25) is 5.02 Å². The topological polar surface area (TPSA) is 138 Å². The number of methoxy groups -OCH3 is 4. The van der Waals surface area contributed by atoms with Crippen LogP contribution in [0.5, 0.6) is 51.7 Å². The molecule has 5 heterocycles. The van der Waals surface area contributed by atoms with E-state index in [4.69, 9.17) is 44.8 Å². The maximum atomic E-state index is 12.9. The van der Waals surface area contributed by atoms with E-state index in [0.29, 0.717) is 94.4 Å². The fourth-order valence-corrected chi connectivity index (χ4v) is 9.37. The minimum Gasteiger partial charge on any atom is -0.497 e. The number of amides is 1. The van der Waals surface area contributed by atoms with Gasteiger partial charge in [-0.05, 0) is 135 Å². The molecule has 2 N–H and O–H groups in total. The number of ether oxygens (including phenoxy) is 7. The first-order chi connectivity index (χ1) is 32.6. The number of hydrogen-bond donors (Lipinski definition) is 2. The first kappa shape index (κ1) is 45.4. The zero-order valence-corrected chi connectivity index (χ0v) is 39.4. The quantitative estimate of drug-likeness (QED) is 0.113. The standard InChI is InChI=1S/C52H55ClN6O8/c1-58-19-16-33-25-44(62-4)46-28-38(33)41(58)22-31-8-11-36(12-9-31)66-45-24-32(23-42-48-34(17-20-59(42)2)26-47(63-5)49(64-6)50(48)67-46)10-15-43(45)65-21-7-18-54-52-55-29-35(30-56-52)57-51(60)39-27-37(61-3)13-14-40(39)53/h8-15,24-30,41-42H,7,16-23H2,1-6H3,(H,57,60)(H,54,55,56). The summed E-state index contributed by atoms with van der Waals surface area (Å²) in [4.78, 5) is 26.4. The second kappa shape index (κ2) is 20.0. The summed E-state index contributed by atoms with van der Waals surface area (Å²) in [5, 5.41) is 6.33. The summed E-state index contributed by atoms with van der Waals surface area (Å²) in [6.07, 6.45) is 6.89. The molecule has 5 aromatic carbocycles. The third kappa shape index (κ3) is 9.74. The molecule has 4 aliphatic rings. The zero-order chi connectivity index (χ0) is 46.6. The SMILES string of the molecule is COc1ccc(Cl)c(C(=O)Nc2cnc(NCCCOc3ccc4cc3Oc3ccc(cc3)CC3c5cc(c(OC)cc5CCN3C)Oc3c(OC)c(OC)cc5c3C(C4)N(C)CC5)nc2)c1. The normalized spacial score (nSPS) is 16.6. The molecule has 0 radical (unpaired) electrons. The molecule has 1 amide bonds. The van der Waals surface area contributed by atoms with Gasteiger partial charge in [0.15, 0.2) is 34.5 Å². The van der Waals surface area contributed by atoms with Crippen LogP contribution < -0.4 is 43.8 Å². The van der Waals surface area contributed by atoms with Crippen LogP contribution in [0.25, 0.3) is 0 Å². The molecule has 4 aliphatic heterocycles. The third-order valence-electron chi connectivity index (χ3n) is 12.8. The molecule has 1 aromatic heterocycles. The van der Waals surface area contributed by atoms with Gasteiger partial charge in [-0.1, -0.05) is 29.8 Å². The number of carbonyl (C=O) groups is 1. The molecule has 6 aromatic rings. The number of carbonyl (C=O) groups excluding carboxylic acids is 1. The number of likely N-dealkylation sites (N-methyl/N-ethyl adjacent to an activating group) is 2. The van der Waals surface area contributed by atoms with Crippen LogP contribution in [-0.4, -0.2) is 94.5 Å². The molecule has 67 heavy (non-hydrogen) atoms. The predicted molar refractivity (Wildman–Crippen MR) is 258 cm³/mol. The number of hydrogen-bond acceptors (Lipinski definition) is 13. The summed E-state index contributed by atoms with van der Waals surface area (Å²) in [5.41, 5.74) is 7.62. The van der Waals surface area contributed by atoms with Gasteiger partial charge < -0.3 is 43.8 Å². The molecule has 10 rings (SSSR count). The zero-order valence-electron chi connectivity index (χ0n) is 38.6. The third-order valence-corrected chi connectivity index (χ3v) is 13.1. The minimum atomic E-state index is -0.394. The molecule has 0 aliphatic carbocycles. The summed E-state index contributed by atoms with van der Waals surface area (Å²) >= 11 is 6.26. The van der Waals surface area contributed by atoms with Gasteiger partial charge in [0.05, 0.1) is 63.7 Å². The summed E-state index contributed by atoms with van der Waals surface area (Å²) in [7, 11) is 10.9. The van der Waals surface area contributed by atoms with Gasteiger partial charge >= 0.3 is 0 Å². The Bertz CT molecular complexity index is 2750. The van der Waals surface area contributed by atoms with Crippen LogP contribution in [-0.2, 0) is 25.7 Å². The van der Waals surface area contributed by atoms with Gasteiger partial charge in [-0.2, -0.15) is 0 Å². The van der Waals surface area contributed by atoms with Gasteiger partial charge in [-0.25, -0.2) is 9.97 Å². The first-order valence-corrected chi connectivity index (χ1v) is 22.8. The van der Waals surface area contributed by atoms with Crippen molar-refractivity contribution in [1.29, 1.82) is 0 Å². The van der Waals surface area contributed by atoms with Crippen molar-refractivity contribution in [2.45, 2.75) is 44.2 Å². The Kier molecular flexibility index (Phi) is 13.6. The van der Waals surface area contributed by atoms with E-state index < -0.39 is 5.91 Å². The van der Waals surface area contributed by atoms with Crippen LogP contribution in [0, 0.1) is 0 Å². The summed E-state index contributed by atoms with van der Waals surface area (Å²) in [6, 6.07) is 25.8. The van der Waals surface area contributed by atoms with Gasteiger partial charge in [-0.15, -0.1) is 0 Å². The van der Waals surface area contributed by atoms with E-state index in [1.54, 1.807) is 39.5 Å². The molecule has 0 fully saturated rings. The number of halogens is 1. The number of aromatic nitrogens is 2. The van der Waals surface area contributed by atoms with E-state index in [1.807, 2.05) is 18.2 Å².